The molecule has 0 aliphatic rings. The number of esters is 2. The molecule has 0 rings (SSSR count). The molecule has 0 aliphatic heterocycles. The molecule has 0 saturated carbocycles. The summed E-state index contributed by atoms with van der Waals surface area (Å²) in [4.78, 5) is 52.5. The summed E-state index contributed by atoms with van der Waals surface area (Å²) in [5.41, 5.74) is 0. The number of hydrogen-bond donors (Lipinski definition) is 5. The van der Waals surface area contributed by atoms with E-state index in [0.717, 1.165) is 63.7 Å². The third kappa shape index (κ3) is 40.6. The Labute approximate surface area is 342 Å². The van der Waals surface area contributed by atoms with E-state index in [0.29, 0.717) is 19.3 Å². The van der Waals surface area contributed by atoms with Crippen molar-refractivity contribution in [3.63, 3.8) is 0 Å². The van der Waals surface area contributed by atoms with E-state index in [1.807, 2.05) is 12.2 Å². The molecule has 2 unspecified atom stereocenters. The average Bonchev–Trinajstić information content (AvgIpc) is 3.15. The molecule has 0 spiro atoms. The number of aliphatic hydroxyl groups excluding tert-OH is 2. The number of unbranched alkanes of at least 4 members (excludes halogenated alkanes) is 9. The lowest BCUT2D eigenvalue weighted by atomic mass is 9.99. The second kappa shape index (κ2) is 35.9. The SMILES string of the molecule is CCC(C)CCCCCCCCCCC(=O)OC[C@H](COP(=O)(O)OC[C@@H](O)COP(=O)(O)O)OC(=O)CCC/C=C\C/C=C\C/C=C\C/C=C\CCC[C@H](C)O. The van der Waals surface area contributed by atoms with Crippen LogP contribution in [0.4, 0.5) is 0 Å². The monoisotopic (exact) mass is 852 g/mol. The number of hydrogen-bond acceptors (Lipinski definition) is 11. The summed E-state index contributed by atoms with van der Waals surface area (Å²) >= 11 is 0. The highest BCUT2D eigenvalue weighted by Crippen LogP contribution is 2.43. The van der Waals surface area contributed by atoms with Crippen molar-refractivity contribution < 1.29 is 66.7 Å². The van der Waals surface area contributed by atoms with Crippen molar-refractivity contribution in [1.29, 1.82) is 0 Å². The number of allylic oxidation sites excluding steroid dienone is 8. The molecule has 0 radical (unpaired) electrons. The molecule has 57 heavy (non-hydrogen) atoms. The number of aliphatic hydroxyl groups is 2. The second-order valence-electron chi connectivity index (χ2n) is 14.4. The summed E-state index contributed by atoms with van der Waals surface area (Å²) in [5.74, 6) is -0.329. The Morgan fingerprint density at radius 1 is 0.579 bits per heavy atom. The summed E-state index contributed by atoms with van der Waals surface area (Å²) in [5, 5.41) is 19.0. The summed E-state index contributed by atoms with van der Waals surface area (Å²) in [6.07, 6.45) is 31.1. The predicted octanol–water partition coefficient (Wildman–Crippen LogP) is 9.11. The van der Waals surface area contributed by atoms with Crippen LogP contribution in [0.2, 0.25) is 0 Å². The van der Waals surface area contributed by atoms with Crippen molar-refractivity contribution in [3.05, 3.63) is 48.6 Å². The third-order valence-electron chi connectivity index (χ3n) is 8.77. The largest absolute Gasteiger partial charge is 0.472 e. The van der Waals surface area contributed by atoms with Crippen molar-refractivity contribution in [2.24, 2.45) is 5.92 Å². The molecule has 0 aromatic heterocycles. The van der Waals surface area contributed by atoms with E-state index in [2.05, 4.69) is 59.4 Å². The molecule has 0 aromatic rings. The van der Waals surface area contributed by atoms with Crippen LogP contribution < -0.4 is 0 Å². The molecule has 0 aliphatic carbocycles. The maximum Gasteiger partial charge on any atom is 0.472 e. The third-order valence-corrected chi connectivity index (χ3v) is 10.2. The van der Waals surface area contributed by atoms with Gasteiger partial charge < -0.3 is 34.4 Å². The highest BCUT2D eigenvalue weighted by atomic mass is 31.2. The number of phosphoric ester groups is 2. The van der Waals surface area contributed by atoms with Crippen LogP contribution in [0.1, 0.15) is 149 Å². The molecular formula is C41H74O14P2. The quantitative estimate of drug-likeness (QED) is 0.0170. The van der Waals surface area contributed by atoms with Crippen LogP contribution in [0.25, 0.3) is 0 Å². The second-order valence-corrected chi connectivity index (χ2v) is 17.1. The van der Waals surface area contributed by atoms with Gasteiger partial charge in [0, 0.05) is 12.8 Å². The minimum absolute atomic E-state index is 0.0430. The lowest BCUT2D eigenvalue weighted by Gasteiger charge is -2.20. The van der Waals surface area contributed by atoms with Crippen molar-refractivity contribution >= 4 is 27.6 Å². The van der Waals surface area contributed by atoms with Gasteiger partial charge in [0.2, 0.25) is 0 Å². The minimum Gasteiger partial charge on any atom is -0.462 e. The van der Waals surface area contributed by atoms with Gasteiger partial charge in [0.1, 0.15) is 12.7 Å². The Hall–Kier alpha value is -1.96. The zero-order valence-electron chi connectivity index (χ0n) is 34.7. The molecule has 0 bridgehead atoms. The summed E-state index contributed by atoms with van der Waals surface area (Å²) in [6.45, 7) is 3.52. The van der Waals surface area contributed by atoms with Gasteiger partial charge in [-0.25, -0.2) is 9.13 Å². The number of rotatable bonds is 38. The number of ether oxygens (including phenoxy) is 2. The molecule has 0 fully saturated rings. The highest BCUT2D eigenvalue weighted by Gasteiger charge is 2.28. The number of carbonyl (C=O) groups is 2. The normalized spacial score (nSPS) is 15.7. The van der Waals surface area contributed by atoms with Gasteiger partial charge in [-0.15, -0.1) is 0 Å². The first-order valence-electron chi connectivity index (χ1n) is 20.8. The molecule has 14 nitrogen and oxygen atoms in total. The zero-order valence-corrected chi connectivity index (χ0v) is 36.5. The van der Waals surface area contributed by atoms with E-state index in [1.54, 1.807) is 6.92 Å². The Morgan fingerprint density at radius 2 is 1.07 bits per heavy atom. The topological polar surface area (TPSA) is 216 Å². The highest BCUT2D eigenvalue weighted by molar-refractivity contribution is 7.47. The Balaban J connectivity index is 4.66. The van der Waals surface area contributed by atoms with Gasteiger partial charge in [-0.3, -0.25) is 23.2 Å². The minimum atomic E-state index is -4.87. The average molecular weight is 853 g/mol. The predicted molar refractivity (Wildman–Crippen MR) is 222 cm³/mol. The van der Waals surface area contributed by atoms with E-state index in [4.69, 9.17) is 23.8 Å². The van der Waals surface area contributed by atoms with E-state index in [-0.39, 0.29) is 18.9 Å². The lowest BCUT2D eigenvalue weighted by molar-refractivity contribution is -0.161. The number of phosphoric acid groups is 2. The van der Waals surface area contributed by atoms with Gasteiger partial charge in [0.15, 0.2) is 6.10 Å². The van der Waals surface area contributed by atoms with Crippen molar-refractivity contribution in [2.45, 2.75) is 167 Å². The number of carbonyl (C=O) groups excluding carboxylic acids is 2. The molecular weight excluding hydrogens is 778 g/mol. The van der Waals surface area contributed by atoms with Gasteiger partial charge in [-0.2, -0.15) is 0 Å². The molecule has 0 saturated heterocycles. The Kier molecular flexibility index (Phi) is 34.7. The van der Waals surface area contributed by atoms with Gasteiger partial charge in [-0.1, -0.05) is 120 Å². The van der Waals surface area contributed by atoms with Gasteiger partial charge in [0.25, 0.3) is 0 Å². The molecule has 0 aromatic carbocycles. The summed E-state index contributed by atoms with van der Waals surface area (Å²) in [6, 6.07) is 0. The van der Waals surface area contributed by atoms with Gasteiger partial charge >= 0.3 is 27.6 Å². The molecule has 0 heterocycles. The maximum absolute atomic E-state index is 12.6. The van der Waals surface area contributed by atoms with E-state index < -0.39 is 66.2 Å². The molecule has 332 valence electrons. The van der Waals surface area contributed by atoms with Crippen LogP contribution >= 0.6 is 15.6 Å². The van der Waals surface area contributed by atoms with E-state index in [9.17, 15) is 33.8 Å². The van der Waals surface area contributed by atoms with E-state index >= 15 is 0 Å². The van der Waals surface area contributed by atoms with E-state index in [1.165, 1.54) is 38.5 Å². The Morgan fingerprint density at radius 3 is 1.63 bits per heavy atom. The first-order valence-corrected chi connectivity index (χ1v) is 23.8. The van der Waals surface area contributed by atoms with Crippen LogP contribution in [0.3, 0.4) is 0 Å². The van der Waals surface area contributed by atoms with Gasteiger partial charge in [-0.05, 0) is 70.6 Å². The van der Waals surface area contributed by atoms with Gasteiger partial charge in [0.05, 0.1) is 25.9 Å². The van der Waals surface area contributed by atoms with Crippen LogP contribution in [-0.2, 0) is 41.8 Å². The molecule has 5 atom stereocenters. The van der Waals surface area contributed by atoms with Crippen LogP contribution in [0.15, 0.2) is 48.6 Å². The lowest BCUT2D eigenvalue weighted by Crippen LogP contribution is -2.29. The fourth-order valence-electron chi connectivity index (χ4n) is 5.22. The van der Waals surface area contributed by atoms with Crippen LogP contribution in [-0.4, -0.2) is 81.6 Å². The Bertz CT molecular complexity index is 1230. The van der Waals surface area contributed by atoms with Crippen molar-refractivity contribution in [3.8, 4) is 0 Å². The molecule has 16 heteroatoms. The fourth-order valence-corrected chi connectivity index (χ4v) is 6.37. The summed E-state index contributed by atoms with van der Waals surface area (Å²) < 4.78 is 47.6. The van der Waals surface area contributed by atoms with Crippen molar-refractivity contribution in [1.82, 2.24) is 0 Å². The van der Waals surface area contributed by atoms with Crippen LogP contribution in [0, 0.1) is 5.92 Å². The van der Waals surface area contributed by atoms with Crippen LogP contribution in [0.5, 0.6) is 0 Å². The molecule has 5 N–H and O–H groups in total. The maximum atomic E-state index is 12.6. The van der Waals surface area contributed by atoms with Crippen molar-refractivity contribution in [2.75, 3.05) is 26.4 Å². The zero-order chi connectivity index (χ0) is 42.6. The summed E-state index contributed by atoms with van der Waals surface area (Å²) in [7, 11) is -9.70. The fraction of sp³-hybridized carbons (Fsp3) is 0.756. The molecule has 0 amide bonds. The first-order chi connectivity index (χ1) is 27.1. The smallest absolute Gasteiger partial charge is 0.462 e. The standard InChI is InChI=1S/C41H74O14P2/c1-4-36(2)28-24-20-16-14-15-18-22-26-30-40(44)51-34-39(35-54-57(49,50)53-33-38(43)32-52-56(46,47)48)55-41(45)31-27-23-19-13-11-9-7-5-6-8-10-12-17-21-25-29-37(3)42/h6-9,12-13,17,19,36-39,42-43H,4-5,10-11,14-16,18,20-35H2,1-3H3,(H,49,50)(H2,46,47,48)/b8-6-,9-7-,17-12-,19-13-/t36?,37-,38-,39+/m0/s1. The first kappa shape index (κ1) is 55.0.